The van der Waals surface area contributed by atoms with Crippen molar-refractivity contribution in [1.82, 2.24) is 19.5 Å². The summed E-state index contributed by atoms with van der Waals surface area (Å²) in [5.74, 6) is -2.08. The van der Waals surface area contributed by atoms with E-state index in [-0.39, 0.29) is 17.1 Å². The minimum atomic E-state index is -1.94. The number of nitrogens with two attached hydrogens (primary N) is 1. The molecule has 0 spiro atoms. The molecule has 3 rings (SSSR count). The van der Waals surface area contributed by atoms with E-state index in [1.807, 2.05) is 0 Å². The minimum Gasteiger partial charge on any atom is -0.391 e. The molecule has 10 nitrogen and oxygen atoms in total. The van der Waals surface area contributed by atoms with E-state index in [2.05, 4.69) is 15.0 Å². The standard InChI is InChI=1S/C11H14FN5O5/c1-21-11(2-18)6(19)4(12)9(22-11)17-3-14-5-7(17)15-10(13)16-8(5)20/h3-4,6,9,18-19H,2H2,1H3,(H3,13,15,16,20)/t4-,6+,9-,11?/m1/s1. The summed E-state index contributed by atoms with van der Waals surface area (Å²) < 4.78 is 25.7. The average molecular weight is 315 g/mol. The van der Waals surface area contributed by atoms with Gasteiger partial charge in [0.25, 0.3) is 5.56 Å². The molecule has 11 heteroatoms. The number of nitrogens with zero attached hydrogens (tertiary/aromatic N) is 3. The zero-order valence-corrected chi connectivity index (χ0v) is 11.4. The topological polar surface area (TPSA) is 149 Å². The highest BCUT2D eigenvalue weighted by Gasteiger charge is 2.56. The van der Waals surface area contributed by atoms with E-state index in [1.54, 1.807) is 0 Å². The highest BCUT2D eigenvalue weighted by atomic mass is 19.1. The molecule has 0 aliphatic carbocycles. The summed E-state index contributed by atoms with van der Waals surface area (Å²) in [6.07, 6.45) is -3.92. The van der Waals surface area contributed by atoms with E-state index in [9.17, 15) is 19.4 Å². The number of rotatable bonds is 3. The molecule has 3 heterocycles. The molecule has 1 aliphatic rings. The van der Waals surface area contributed by atoms with Crippen molar-refractivity contribution in [3.8, 4) is 0 Å². The van der Waals surface area contributed by atoms with Crippen LogP contribution in [0, 0.1) is 0 Å². The van der Waals surface area contributed by atoms with Crippen molar-refractivity contribution in [2.45, 2.75) is 24.3 Å². The van der Waals surface area contributed by atoms with Crippen molar-refractivity contribution in [2.24, 2.45) is 0 Å². The molecule has 0 saturated carbocycles. The number of aromatic amines is 1. The number of imidazole rings is 1. The zero-order valence-electron chi connectivity index (χ0n) is 11.4. The molecule has 1 fully saturated rings. The second-order valence-electron chi connectivity index (χ2n) is 4.85. The molecule has 0 amide bonds. The van der Waals surface area contributed by atoms with Crippen molar-refractivity contribution < 1.29 is 24.1 Å². The lowest BCUT2D eigenvalue weighted by atomic mass is 10.1. The number of aromatic nitrogens is 4. The molecule has 1 saturated heterocycles. The third kappa shape index (κ3) is 1.90. The molecule has 1 aliphatic heterocycles. The number of hydrogen-bond donors (Lipinski definition) is 4. The summed E-state index contributed by atoms with van der Waals surface area (Å²) in [4.78, 5) is 21.7. The lowest BCUT2D eigenvalue weighted by Crippen LogP contribution is -2.47. The number of fused-ring (bicyclic) bond motifs is 1. The third-order valence-electron chi connectivity index (χ3n) is 3.64. The van der Waals surface area contributed by atoms with Gasteiger partial charge in [-0.1, -0.05) is 0 Å². The van der Waals surface area contributed by atoms with Gasteiger partial charge in [0.1, 0.15) is 12.7 Å². The maximum absolute atomic E-state index is 14.4. The van der Waals surface area contributed by atoms with Crippen LogP contribution in [-0.2, 0) is 9.47 Å². The fourth-order valence-electron chi connectivity index (χ4n) is 2.44. The number of nitrogen functional groups attached to an aromatic ring is 1. The van der Waals surface area contributed by atoms with Gasteiger partial charge in [-0.05, 0) is 0 Å². The molecule has 22 heavy (non-hydrogen) atoms. The van der Waals surface area contributed by atoms with Crippen LogP contribution in [0.5, 0.6) is 0 Å². The van der Waals surface area contributed by atoms with E-state index in [0.29, 0.717) is 0 Å². The second kappa shape index (κ2) is 4.98. The fraction of sp³-hybridized carbons (Fsp3) is 0.545. The van der Waals surface area contributed by atoms with Gasteiger partial charge in [-0.25, -0.2) is 9.37 Å². The lowest BCUT2D eigenvalue weighted by molar-refractivity contribution is -0.269. The largest absolute Gasteiger partial charge is 0.391 e. The number of aliphatic hydroxyl groups is 2. The van der Waals surface area contributed by atoms with Crippen LogP contribution in [0.1, 0.15) is 6.23 Å². The number of hydrogen-bond acceptors (Lipinski definition) is 8. The first-order chi connectivity index (χ1) is 10.4. The molecule has 1 unspecified atom stereocenters. The van der Waals surface area contributed by atoms with Crippen molar-refractivity contribution >= 4 is 17.1 Å². The Morgan fingerprint density at radius 3 is 3.00 bits per heavy atom. The van der Waals surface area contributed by atoms with Gasteiger partial charge in [0.2, 0.25) is 11.7 Å². The van der Waals surface area contributed by atoms with Gasteiger partial charge in [-0.3, -0.25) is 14.3 Å². The first-order valence-corrected chi connectivity index (χ1v) is 6.32. The Morgan fingerprint density at radius 2 is 2.41 bits per heavy atom. The van der Waals surface area contributed by atoms with Crippen LogP contribution < -0.4 is 11.3 Å². The van der Waals surface area contributed by atoms with Crippen molar-refractivity contribution in [3.63, 3.8) is 0 Å². The molecular formula is C11H14FN5O5. The number of ether oxygens (including phenoxy) is 2. The summed E-state index contributed by atoms with van der Waals surface area (Å²) in [5, 5.41) is 19.3. The van der Waals surface area contributed by atoms with Gasteiger partial charge in [0.05, 0.1) is 6.33 Å². The van der Waals surface area contributed by atoms with Crippen LogP contribution in [0.25, 0.3) is 11.2 Å². The SMILES string of the molecule is COC1(CO)O[C@@H](n2cnc3c(=O)[nH]c(N)nc32)[C@H](F)[C@@H]1O. The Hall–Kier alpha value is -2.08. The van der Waals surface area contributed by atoms with Gasteiger partial charge in [-0.2, -0.15) is 4.98 Å². The zero-order chi connectivity index (χ0) is 16.1. The Kier molecular flexibility index (Phi) is 3.36. The molecule has 5 N–H and O–H groups in total. The highest BCUT2D eigenvalue weighted by Crippen LogP contribution is 2.40. The normalized spacial score (nSPS) is 31.9. The first kappa shape index (κ1) is 14.8. The fourth-order valence-corrected chi connectivity index (χ4v) is 2.44. The first-order valence-electron chi connectivity index (χ1n) is 6.32. The highest BCUT2D eigenvalue weighted by molar-refractivity contribution is 5.70. The van der Waals surface area contributed by atoms with Gasteiger partial charge in [0, 0.05) is 7.11 Å². The molecule has 0 bridgehead atoms. The van der Waals surface area contributed by atoms with Crippen LogP contribution in [0.2, 0.25) is 0 Å². The monoisotopic (exact) mass is 315 g/mol. The van der Waals surface area contributed by atoms with Crippen molar-refractivity contribution in [1.29, 1.82) is 0 Å². The lowest BCUT2D eigenvalue weighted by Gasteiger charge is -2.27. The van der Waals surface area contributed by atoms with E-state index in [4.69, 9.17) is 15.2 Å². The Bertz CT molecular complexity index is 757. The molecule has 0 radical (unpaired) electrons. The number of halogens is 1. The number of nitrogens with one attached hydrogen (secondary N) is 1. The molecule has 2 aromatic heterocycles. The average Bonchev–Trinajstić information content (AvgIpc) is 3.01. The minimum absolute atomic E-state index is 0.00839. The molecule has 120 valence electrons. The van der Waals surface area contributed by atoms with E-state index < -0.39 is 36.5 Å². The molecule has 2 aromatic rings. The summed E-state index contributed by atoms with van der Waals surface area (Å²) >= 11 is 0. The Labute approximate surface area is 122 Å². The Morgan fingerprint density at radius 1 is 1.68 bits per heavy atom. The number of methoxy groups -OCH3 is 1. The number of aliphatic hydroxyl groups excluding tert-OH is 2. The van der Waals surface area contributed by atoms with Crippen molar-refractivity contribution in [2.75, 3.05) is 19.5 Å². The van der Waals surface area contributed by atoms with E-state index >= 15 is 0 Å². The quantitative estimate of drug-likeness (QED) is 0.522. The van der Waals surface area contributed by atoms with Crippen LogP contribution >= 0.6 is 0 Å². The maximum atomic E-state index is 14.4. The van der Waals surface area contributed by atoms with Gasteiger partial charge in [-0.15, -0.1) is 0 Å². The number of alkyl halides is 1. The van der Waals surface area contributed by atoms with Crippen LogP contribution in [-0.4, -0.2) is 61.5 Å². The second-order valence-corrected chi connectivity index (χ2v) is 4.85. The van der Waals surface area contributed by atoms with Gasteiger partial charge in [0.15, 0.2) is 23.6 Å². The predicted octanol–water partition coefficient (Wildman–Crippen LogP) is -1.74. The van der Waals surface area contributed by atoms with Crippen LogP contribution in [0.3, 0.4) is 0 Å². The Balaban J connectivity index is 2.11. The summed E-state index contributed by atoms with van der Waals surface area (Å²) in [6, 6.07) is 0. The molecule has 0 aromatic carbocycles. The predicted molar refractivity (Wildman–Crippen MR) is 70.4 cm³/mol. The summed E-state index contributed by atoms with van der Waals surface area (Å²) in [7, 11) is 1.17. The van der Waals surface area contributed by atoms with Gasteiger partial charge >= 0.3 is 0 Å². The summed E-state index contributed by atoms with van der Waals surface area (Å²) in [6.45, 7) is -0.760. The maximum Gasteiger partial charge on any atom is 0.280 e. The van der Waals surface area contributed by atoms with E-state index in [1.165, 1.54) is 7.11 Å². The molecular weight excluding hydrogens is 301 g/mol. The van der Waals surface area contributed by atoms with E-state index in [0.717, 1.165) is 10.9 Å². The summed E-state index contributed by atoms with van der Waals surface area (Å²) in [5.41, 5.74) is 4.81. The van der Waals surface area contributed by atoms with Crippen LogP contribution in [0.4, 0.5) is 10.3 Å². The van der Waals surface area contributed by atoms with Gasteiger partial charge < -0.3 is 25.4 Å². The van der Waals surface area contributed by atoms with Crippen LogP contribution in [0.15, 0.2) is 11.1 Å². The smallest absolute Gasteiger partial charge is 0.280 e. The van der Waals surface area contributed by atoms with Crippen molar-refractivity contribution in [3.05, 3.63) is 16.7 Å². The number of anilines is 1. The molecule has 4 atom stereocenters. The third-order valence-corrected chi connectivity index (χ3v) is 3.64. The number of H-pyrrole nitrogens is 1.